The van der Waals surface area contributed by atoms with Gasteiger partial charge in [-0.3, -0.25) is 10.1 Å². The van der Waals surface area contributed by atoms with Gasteiger partial charge in [0.15, 0.2) is 0 Å². The van der Waals surface area contributed by atoms with Crippen molar-refractivity contribution in [3.8, 4) is 0 Å². The second-order valence-electron chi connectivity index (χ2n) is 3.45. The van der Waals surface area contributed by atoms with Crippen molar-refractivity contribution < 1.29 is 4.92 Å². The van der Waals surface area contributed by atoms with Crippen LogP contribution in [0.4, 0.5) is 5.69 Å². The molecule has 0 bridgehead atoms. The molecule has 0 amide bonds. The molecule has 1 aromatic heterocycles. The van der Waals surface area contributed by atoms with E-state index in [9.17, 15) is 10.1 Å². The smallest absolute Gasteiger partial charge is 0.258 e. The summed E-state index contributed by atoms with van der Waals surface area (Å²) in [4.78, 5) is 19.0. The lowest BCUT2D eigenvalue weighted by atomic mass is 10.3. The van der Waals surface area contributed by atoms with E-state index in [0.717, 1.165) is 15.5 Å². The second-order valence-corrected chi connectivity index (χ2v) is 4.87. The van der Waals surface area contributed by atoms with E-state index >= 15 is 0 Å². The van der Waals surface area contributed by atoms with Crippen molar-refractivity contribution in [1.29, 1.82) is 0 Å². The SMILES string of the molecule is Cc1c(Cl)ncnc1Sc1ccc([N+](=O)[O-])cc1. The highest BCUT2D eigenvalue weighted by molar-refractivity contribution is 7.99. The van der Waals surface area contributed by atoms with Crippen molar-refractivity contribution in [1.82, 2.24) is 9.97 Å². The molecule has 1 heterocycles. The minimum atomic E-state index is -0.429. The fraction of sp³-hybridized carbons (Fsp3) is 0.0909. The summed E-state index contributed by atoms with van der Waals surface area (Å²) in [7, 11) is 0. The molecular formula is C11H8ClN3O2S. The lowest BCUT2D eigenvalue weighted by Crippen LogP contribution is -1.90. The number of hydrogen-bond donors (Lipinski definition) is 0. The van der Waals surface area contributed by atoms with Crippen molar-refractivity contribution in [3.63, 3.8) is 0 Å². The van der Waals surface area contributed by atoms with Crippen LogP contribution in [0.1, 0.15) is 5.56 Å². The van der Waals surface area contributed by atoms with E-state index in [1.807, 2.05) is 6.92 Å². The largest absolute Gasteiger partial charge is 0.269 e. The van der Waals surface area contributed by atoms with E-state index in [1.165, 1.54) is 30.2 Å². The van der Waals surface area contributed by atoms with Gasteiger partial charge in [-0.15, -0.1) is 0 Å². The number of benzene rings is 1. The summed E-state index contributed by atoms with van der Waals surface area (Å²) in [5, 5.41) is 11.7. The van der Waals surface area contributed by atoms with Gasteiger partial charge in [-0.2, -0.15) is 0 Å². The van der Waals surface area contributed by atoms with Crippen LogP contribution in [0.5, 0.6) is 0 Å². The number of non-ortho nitro benzene ring substituents is 1. The maximum atomic E-state index is 10.5. The summed E-state index contributed by atoms with van der Waals surface area (Å²) < 4.78 is 0. The average molecular weight is 282 g/mol. The maximum absolute atomic E-state index is 10.5. The molecule has 0 saturated heterocycles. The summed E-state index contributed by atoms with van der Waals surface area (Å²) in [5.41, 5.74) is 0.860. The zero-order chi connectivity index (χ0) is 13.1. The third kappa shape index (κ3) is 2.77. The predicted molar refractivity (Wildman–Crippen MR) is 69.0 cm³/mol. The van der Waals surface area contributed by atoms with Gasteiger partial charge in [-0.05, 0) is 19.1 Å². The van der Waals surface area contributed by atoms with Crippen LogP contribution in [0.3, 0.4) is 0 Å². The van der Waals surface area contributed by atoms with Gasteiger partial charge in [0, 0.05) is 22.6 Å². The Kier molecular flexibility index (Phi) is 3.78. The highest BCUT2D eigenvalue weighted by Gasteiger charge is 2.08. The highest BCUT2D eigenvalue weighted by Crippen LogP contribution is 2.31. The number of rotatable bonds is 3. The van der Waals surface area contributed by atoms with Crippen LogP contribution in [0.2, 0.25) is 5.15 Å². The lowest BCUT2D eigenvalue weighted by molar-refractivity contribution is -0.384. The van der Waals surface area contributed by atoms with Crippen molar-refractivity contribution in [2.75, 3.05) is 0 Å². The Balaban J connectivity index is 2.24. The van der Waals surface area contributed by atoms with E-state index in [1.54, 1.807) is 12.1 Å². The lowest BCUT2D eigenvalue weighted by Gasteiger charge is -2.04. The third-order valence-electron chi connectivity index (χ3n) is 2.24. The molecule has 2 aromatic rings. The van der Waals surface area contributed by atoms with Gasteiger partial charge in [0.2, 0.25) is 0 Å². The Morgan fingerprint density at radius 1 is 1.28 bits per heavy atom. The standard InChI is InChI=1S/C11H8ClN3O2S/c1-7-10(12)13-6-14-11(7)18-9-4-2-8(3-5-9)15(16)17/h2-6H,1H3. The molecule has 0 fully saturated rings. The molecule has 92 valence electrons. The molecule has 0 aliphatic rings. The van der Waals surface area contributed by atoms with Gasteiger partial charge in [0.1, 0.15) is 16.5 Å². The van der Waals surface area contributed by atoms with Crippen molar-refractivity contribution in [3.05, 3.63) is 51.4 Å². The summed E-state index contributed by atoms with van der Waals surface area (Å²) in [6.07, 6.45) is 1.39. The first-order chi connectivity index (χ1) is 8.58. The molecule has 18 heavy (non-hydrogen) atoms. The first-order valence-electron chi connectivity index (χ1n) is 4.97. The Hall–Kier alpha value is -1.66. The Morgan fingerprint density at radius 2 is 1.94 bits per heavy atom. The monoisotopic (exact) mass is 281 g/mol. The van der Waals surface area contributed by atoms with Gasteiger partial charge in [0.25, 0.3) is 5.69 Å². The highest BCUT2D eigenvalue weighted by atomic mass is 35.5. The molecule has 0 aliphatic carbocycles. The minimum absolute atomic E-state index is 0.0665. The fourth-order valence-corrected chi connectivity index (χ4v) is 2.30. The molecule has 7 heteroatoms. The van der Waals surface area contributed by atoms with Crippen LogP contribution >= 0.6 is 23.4 Å². The van der Waals surface area contributed by atoms with Crippen molar-refractivity contribution in [2.24, 2.45) is 0 Å². The van der Waals surface area contributed by atoms with E-state index < -0.39 is 4.92 Å². The summed E-state index contributed by atoms with van der Waals surface area (Å²) in [6, 6.07) is 6.28. The van der Waals surface area contributed by atoms with Crippen molar-refractivity contribution >= 4 is 29.1 Å². The second kappa shape index (κ2) is 5.32. The van der Waals surface area contributed by atoms with Gasteiger partial charge >= 0.3 is 0 Å². The molecule has 0 unspecified atom stereocenters. The molecule has 0 atom stereocenters. The Labute approximate surface area is 112 Å². The van der Waals surface area contributed by atoms with Crippen LogP contribution in [-0.4, -0.2) is 14.9 Å². The number of hydrogen-bond acceptors (Lipinski definition) is 5. The first kappa shape index (κ1) is 12.8. The topological polar surface area (TPSA) is 68.9 Å². The molecule has 0 saturated carbocycles. The number of aromatic nitrogens is 2. The third-order valence-corrected chi connectivity index (χ3v) is 3.73. The number of nitro benzene ring substituents is 1. The molecule has 0 N–H and O–H groups in total. The molecule has 0 spiro atoms. The number of nitro groups is 1. The zero-order valence-corrected chi connectivity index (χ0v) is 10.9. The number of halogens is 1. The normalized spacial score (nSPS) is 10.3. The zero-order valence-electron chi connectivity index (χ0n) is 9.33. The van der Waals surface area contributed by atoms with Gasteiger partial charge < -0.3 is 0 Å². The van der Waals surface area contributed by atoms with E-state index in [0.29, 0.717) is 5.15 Å². The molecule has 2 rings (SSSR count). The summed E-state index contributed by atoms with van der Waals surface area (Å²) in [5.74, 6) is 0. The maximum Gasteiger partial charge on any atom is 0.269 e. The summed E-state index contributed by atoms with van der Waals surface area (Å²) in [6.45, 7) is 1.83. The summed E-state index contributed by atoms with van der Waals surface area (Å²) >= 11 is 7.28. The minimum Gasteiger partial charge on any atom is -0.258 e. The quantitative estimate of drug-likeness (QED) is 0.489. The van der Waals surface area contributed by atoms with Crippen LogP contribution in [0.25, 0.3) is 0 Å². The average Bonchev–Trinajstić information content (AvgIpc) is 2.36. The van der Waals surface area contributed by atoms with Crippen molar-refractivity contribution in [2.45, 2.75) is 16.8 Å². The number of nitrogens with zero attached hydrogens (tertiary/aromatic N) is 3. The van der Waals surface area contributed by atoms with Gasteiger partial charge in [0.05, 0.1) is 4.92 Å². The molecule has 0 radical (unpaired) electrons. The Morgan fingerprint density at radius 3 is 2.56 bits per heavy atom. The Bertz CT molecular complexity index is 589. The predicted octanol–water partition coefficient (Wildman–Crippen LogP) is 3.50. The first-order valence-corrected chi connectivity index (χ1v) is 6.17. The van der Waals surface area contributed by atoms with Crippen LogP contribution in [-0.2, 0) is 0 Å². The van der Waals surface area contributed by atoms with E-state index in [2.05, 4.69) is 9.97 Å². The van der Waals surface area contributed by atoms with Crippen LogP contribution in [0, 0.1) is 17.0 Å². The van der Waals surface area contributed by atoms with E-state index in [-0.39, 0.29) is 5.69 Å². The van der Waals surface area contributed by atoms with Gasteiger partial charge in [-0.1, -0.05) is 23.4 Å². The van der Waals surface area contributed by atoms with E-state index in [4.69, 9.17) is 11.6 Å². The van der Waals surface area contributed by atoms with Gasteiger partial charge in [-0.25, -0.2) is 9.97 Å². The molecule has 1 aromatic carbocycles. The van der Waals surface area contributed by atoms with Crippen LogP contribution < -0.4 is 0 Å². The van der Waals surface area contributed by atoms with Crippen LogP contribution in [0.15, 0.2) is 40.5 Å². The fourth-order valence-electron chi connectivity index (χ4n) is 1.26. The molecule has 0 aliphatic heterocycles. The molecule has 5 nitrogen and oxygen atoms in total. The molecular weight excluding hydrogens is 274 g/mol.